The lowest BCUT2D eigenvalue weighted by molar-refractivity contribution is -0.911. The molecule has 2 nitrogen and oxygen atoms in total. The third kappa shape index (κ3) is 8.97. The van der Waals surface area contributed by atoms with Crippen LogP contribution in [0.25, 0.3) is 0 Å². The quantitative estimate of drug-likeness (QED) is 0.415. The van der Waals surface area contributed by atoms with Crippen molar-refractivity contribution in [3.63, 3.8) is 0 Å². The van der Waals surface area contributed by atoms with Crippen LogP contribution in [-0.2, 0) is 0 Å². The van der Waals surface area contributed by atoms with Gasteiger partial charge in [-0.25, -0.2) is 0 Å². The van der Waals surface area contributed by atoms with Crippen LogP contribution < -0.4 is 5.32 Å². The molecule has 0 saturated carbocycles. The predicted molar refractivity (Wildman–Crippen MR) is 90.1 cm³/mol. The van der Waals surface area contributed by atoms with E-state index in [-0.39, 0.29) is 0 Å². The first-order chi connectivity index (χ1) is 9.77. The zero-order valence-corrected chi connectivity index (χ0v) is 14.3. The number of rotatable bonds is 12. The maximum Gasteiger partial charge on any atom is 0.0911 e. The molecule has 0 radical (unpaired) electrons. The lowest BCUT2D eigenvalue weighted by Gasteiger charge is -2.38. The van der Waals surface area contributed by atoms with Gasteiger partial charge in [-0.05, 0) is 12.8 Å². The van der Waals surface area contributed by atoms with Gasteiger partial charge in [0.05, 0.1) is 26.7 Å². The topological polar surface area (TPSA) is 12.0 Å². The zero-order valence-electron chi connectivity index (χ0n) is 14.3. The standard InChI is InChI=1S/C18H39N2/c1-3-4-5-6-7-8-9-10-11-12-13-16-20(2)17-14-19-15-18-20/h19H,3-18H2,1-2H3/q+1. The van der Waals surface area contributed by atoms with Crippen molar-refractivity contribution in [3.8, 4) is 0 Å². The molecule has 120 valence electrons. The maximum absolute atomic E-state index is 3.47. The number of nitrogens with one attached hydrogen (secondary N) is 1. The largest absolute Gasteiger partial charge is 0.324 e. The number of nitrogens with zero attached hydrogens (tertiary/aromatic N) is 1. The Morgan fingerprint density at radius 2 is 1.15 bits per heavy atom. The summed E-state index contributed by atoms with van der Waals surface area (Å²) in [6.45, 7) is 8.79. The van der Waals surface area contributed by atoms with Gasteiger partial charge in [0.2, 0.25) is 0 Å². The van der Waals surface area contributed by atoms with Crippen LogP contribution in [0.5, 0.6) is 0 Å². The van der Waals surface area contributed by atoms with Gasteiger partial charge < -0.3 is 9.80 Å². The number of quaternary nitrogens is 1. The van der Waals surface area contributed by atoms with E-state index in [1.165, 1.54) is 108 Å². The fourth-order valence-electron chi connectivity index (χ4n) is 3.32. The highest BCUT2D eigenvalue weighted by Gasteiger charge is 2.23. The van der Waals surface area contributed by atoms with Gasteiger partial charge in [0.1, 0.15) is 0 Å². The number of unbranched alkanes of at least 4 members (excludes halogenated alkanes) is 10. The summed E-state index contributed by atoms with van der Waals surface area (Å²) in [6.07, 6.45) is 16.0. The normalized spacial score (nSPS) is 18.3. The molecule has 0 aromatic heterocycles. The molecule has 0 unspecified atom stereocenters. The third-order valence-corrected chi connectivity index (χ3v) is 4.96. The fourth-order valence-corrected chi connectivity index (χ4v) is 3.32. The lowest BCUT2D eigenvalue weighted by atomic mass is 10.1. The fraction of sp³-hybridized carbons (Fsp3) is 1.00. The monoisotopic (exact) mass is 283 g/mol. The summed E-state index contributed by atoms with van der Waals surface area (Å²) in [6, 6.07) is 0. The molecule has 20 heavy (non-hydrogen) atoms. The highest BCUT2D eigenvalue weighted by atomic mass is 15.4. The summed E-state index contributed by atoms with van der Waals surface area (Å²) < 4.78 is 1.31. The Morgan fingerprint density at radius 3 is 1.65 bits per heavy atom. The number of hydrogen-bond acceptors (Lipinski definition) is 1. The van der Waals surface area contributed by atoms with Crippen molar-refractivity contribution in [3.05, 3.63) is 0 Å². The number of likely N-dealkylation sites (N-methyl/N-ethyl adjacent to an activating group) is 1. The van der Waals surface area contributed by atoms with Crippen LogP contribution in [-0.4, -0.2) is 44.3 Å². The minimum atomic E-state index is 1.22. The van der Waals surface area contributed by atoms with Crippen LogP contribution in [0.1, 0.15) is 77.6 Å². The van der Waals surface area contributed by atoms with E-state index in [4.69, 9.17) is 0 Å². The van der Waals surface area contributed by atoms with Crippen molar-refractivity contribution >= 4 is 0 Å². The molecule has 1 saturated heterocycles. The Morgan fingerprint density at radius 1 is 0.700 bits per heavy atom. The molecule has 0 spiro atoms. The van der Waals surface area contributed by atoms with Crippen LogP contribution in [0.2, 0.25) is 0 Å². The molecule has 0 bridgehead atoms. The first-order valence-electron chi connectivity index (χ1n) is 9.31. The van der Waals surface area contributed by atoms with Gasteiger partial charge in [0, 0.05) is 13.1 Å². The number of piperazine rings is 1. The van der Waals surface area contributed by atoms with Crippen molar-refractivity contribution in [2.24, 2.45) is 0 Å². The van der Waals surface area contributed by atoms with Gasteiger partial charge in [-0.3, -0.25) is 0 Å². The summed E-state index contributed by atoms with van der Waals surface area (Å²) in [7, 11) is 2.44. The summed E-state index contributed by atoms with van der Waals surface area (Å²) in [5, 5.41) is 3.47. The average molecular weight is 284 g/mol. The van der Waals surface area contributed by atoms with Crippen molar-refractivity contribution in [2.45, 2.75) is 77.6 Å². The van der Waals surface area contributed by atoms with E-state index in [0.717, 1.165) is 0 Å². The minimum absolute atomic E-state index is 1.22. The van der Waals surface area contributed by atoms with Crippen LogP contribution in [0.4, 0.5) is 0 Å². The summed E-state index contributed by atoms with van der Waals surface area (Å²) in [5.41, 5.74) is 0. The number of hydrogen-bond donors (Lipinski definition) is 1. The minimum Gasteiger partial charge on any atom is -0.324 e. The van der Waals surface area contributed by atoms with Crippen LogP contribution in [0.3, 0.4) is 0 Å². The second-order valence-corrected chi connectivity index (χ2v) is 7.08. The molecular formula is C18H39N2+. The first-order valence-corrected chi connectivity index (χ1v) is 9.31. The molecule has 1 aliphatic heterocycles. The summed E-state index contributed by atoms with van der Waals surface area (Å²) >= 11 is 0. The molecule has 0 aromatic rings. The van der Waals surface area contributed by atoms with Crippen LogP contribution in [0.15, 0.2) is 0 Å². The highest BCUT2D eigenvalue weighted by molar-refractivity contribution is 4.56. The Kier molecular flexibility index (Phi) is 10.4. The molecule has 0 atom stereocenters. The second kappa shape index (κ2) is 11.6. The van der Waals surface area contributed by atoms with Gasteiger partial charge >= 0.3 is 0 Å². The van der Waals surface area contributed by atoms with Crippen molar-refractivity contribution in [1.82, 2.24) is 5.32 Å². The Hall–Kier alpha value is -0.0800. The van der Waals surface area contributed by atoms with E-state index in [1.807, 2.05) is 0 Å². The molecule has 1 fully saturated rings. The van der Waals surface area contributed by atoms with Crippen molar-refractivity contribution in [2.75, 3.05) is 39.8 Å². The molecule has 1 N–H and O–H groups in total. The second-order valence-electron chi connectivity index (χ2n) is 7.08. The van der Waals surface area contributed by atoms with E-state index < -0.39 is 0 Å². The Balaban J connectivity index is 1.80. The highest BCUT2D eigenvalue weighted by Crippen LogP contribution is 2.13. The van der Waals surface area contributed by atoms with Crippen LogP contribution in [0, 0.1) is 0 Å². The van der Waals surface area contributed by atoms with E-state index in [2.05, 4.69) is 19.3 Å². The molecule has 1 rings (SSSR count). The molecule has 0 aromatic carbocycles. The van der Waals surface area contributed by atoms with Gasteiger partial charge in [0.25, 0.3) is 0 Å². The van der Waals surface area contributed by atoms with E-state index in [0.29, 0.717) is 0 Å². The molecule has 2 heteroatoms. The third-order valence-electron chi connectivity index (χ3n) is 4.96. The zero-order chi connectivity index (χ0) is 14.5. The lowest BCUT2D eigenvalue weighted by Crippen LogP contribution is -2.56. The Labute approximate surface area is 127 Å². The SMILES string of the molecule is CCCCCCCCCCCCC[N+]1(C)CCNCC1. The smallest absolute Gasteiger partial charge is 0.0911 e. The van der Waals surface area contributed by atoms with E-state index in [9.17, 15) is 0 Å². The molecule has 1 heterocycles. The van der Waals surface area contributed by atoms with Gasteiger partial charge in [-0.2, -0.15) is 0 Å². The first kappa shape index (κ1) is 18.0. The molecule has 0 amide bonds. The maximum atomic E-state index is 3.47. The van der Waals surface area contributed by atoms with Gasteiger partial charge in [0.15, 0.2) is 0 Å². The summed E-state index contributed by atoms with van der Waals surface area (Å²) in [4.78, 5) is 0. The molecular weight excluding hydrogens is 244 g/mol. The average Bonchev–Trinajstić information content (AvgIpc) is 2.45. The van der Waals surface area contributed by atoms with Crippen LogP contribution >= 0.6 is 0 Å². The van der Waals surface area contributed by atoms with Crippen molar-refractivity contribution < 1.29 is 4.48 Å². The van der Waals surface area contributed by atoms with Gasteiger partial charge in [-0.15, -0.1) is 0 Å². The predicted octanol–water partition coefficient (Wildman–Crippen LogP) is 4.35. The van der Waals surface area contributed by atoms with E-state index in [1.54, 1.807) is 0 Å². The van der Waals surface area contributed by atoms with E-state index >= 15 is 0 Å². The summed E-state index contributed by atoms with van der Waals surface area (Å²) in [5.74, 6) is 0. The Bertz CT molecular complexity index is 209. The molecule has 0 aliphatic carbocycles. The molecule has 1 aliphatic rings. The van der Waals surface area contributed by atoms with Crippen molar-refractivity contribution in [1.29, 1.82) is 0 Å². The van der Waals surface area contributed by atoms with Gasteiger partial charge in [-0.1, -0.05) is 64.7 Å².